The summed E-state index contributed by atoms with van der Waals surface area (Å²) in [5, 5.41) is 25.9. The van der Waals surface area contributed by atoms with E-state index in [1.54, 1.807) is 31.2 Å². The number of hydrogen-bond donors (Lipinski definition) is 2. The second-order valence-corrected chi connectivity index (χ2v) is 11.4. The molecule has 1 aliphatic carbocycles. The molecule has 4 aromatic rings. The fourth-order valence-corrected chi connectivity index (χ4v) is 5.89. The van der Waals surface area contributed by atoms with Gasteiger partial charge in [0.2, 0.25) is 0 Å². The number of carboxylic acids is 1. The highest BCUT2D eigenvalue weighted by Crippen LogP contribution is 2.46. The molecule has 0 bridgehead atoms. The van der Waals surface area contributed by atoms with Crippen LogP contribution in [0.25, 0.3) is 11.3 Å². The molecule has 0 amide bonds. The van der Waals surface area contributed by atoms with E-state index in [2.05, 4.69) is 10.1 Å². The lowest BCUT2D eigenvalue weighted by Gasteiger charge is -2.47. The van der Waals surface area contributed by atoms with Crippen molar-refractivity contribution in [3.8, 4) is 17.0 Å². The fourth-order valence-electron chi connectivity index (χ4n) is 5.23. The summed E-state index contributed by atoms with van der Waals surface area (Å²) in [5.41, 5.74) is 3.60. The maximum absolute atomic E-state index is 11.3. The van der Waals surface area contributed by atoms with Crippen molar-refractivity contribution < 1.29 is 24.3 Å². The van der Waals surface area contributed by atoms with E-state index < -0.39 is 11.6 Å². The second-order valence-electron chi connectivity index (χ2n) is 10.6. The van der Waals surface area contributed by atoms with E-state index in [-0.39, 0.29) is 25.3 Å². The number of ether oxygens (including phenoxy) is 1. The van der Waals surface area contributed by atoms with Crippen molar-refractivity contribution in [3.63, 3.8) is 0 Å². The van der Waals surface area contributed by atoms with Crippen molar-refractivity contribution in [2.75, 3.05) is 18.0 Å². The van der Waals surface area contributed by atoms with Crippen LogP contribution in [0.3, 0.4) is 0 Å². The summed E-state index contributed by atoms with van der Waals surface area (Å²) >= 11 is 13.2. The number of carboxylic acid groups (broad SMARTS) is 1. The topological polar surface area (TPSA) is 109 Å². The van der Waals surface area contributed by atoms with Crippen LogP contribution in [-0.4, -0.2) is 39.4 Å². The zero-order chi connectivity index (χ0) is 28.2. The smallest absolute Gasteiger partial charge is 0.337 e. The Balaban J connectivity index is 1.18. The van der Waals surface area contributed by atoms with Crippen molar-refractivity contribution in [1.29, 1.82) is 0 Å². The van der Waals surface area contributed by atoms with E-state index >= 15 is 0 Å². The van der Waals surface area contributed by atoms with Gasteiger partial charge in [-0.3, -0.25) is 0 Å². The first-order chi connectivity index (χ1) is 19.1. The number of aryl methyl sites for hydroxylation is 2. The maximum atomic E-state index is 11.3. The Morgan fingerprint density at radius 3 is 2.55 bits per heavy atom. The Kier molecular flexibility index (Phi) is 6.73. The normalized spacial score (nSPS) is 16.1. The highest BCUT2D eigenvalue weighted by molar-refractivity contribution is 6.33. The average Bonchev–Trinajstić information content (AvgIpc) is 3.65. The fraction of sp³-hybridized carbons (Fsp3) is 0.300. The molecule has 2 fully saturated rings. The summed E-state index contributed by atoms with van der Waals surface area (Å²) in [6.45, 7) is 4.50. The summed E-state index contributed by atoms with van der Waals surface area (Å²) in [7, 11) is 0. The molecule has 206 valence electrons. The number of nitrogens with zero attached hydrogens (tertiary/aromatic N) is 3. The van der Waals surface area contributed by atoms with Crippen LogP contribution < -0.4 is 9.64 Å². The molecule has 40 heavy (non-hydrogen) atoms. The summed E-state index contributed by atoms with van der Waals surface area (Å²) in [6.07, 6.45) is 3.45. The zero-order valence-corrected chi connectivity index (χ0v) is 23.5. The first-order valence-electron chi connectivity index (χ1n) is 13.0. The van der Waals surface area contributed by atoms with Crippen LogP contribution in [0, 0.1) is 13.8 Å². The first-order valence-corrected chi connectivity index (χ1v) is 13.7. The van der Waals surface area contributed by atoms with Crippen LogP contribution >= 0.6 is 23.2 Å². The molecule has 3 heterocycles. The van der Waals surface area contributed by atoms with Crippen molar-refractivity contribution in [2.45, 2.75) is 44.8 Å². The number of aromatic carboxylic acids is 1. The van der Waals surface area contributed by atoms with Crippen LogP contribution in [0.2, 0.25) is 10.0 Å². The Labute approximate surface area is 241 Å². The minimum absolute atomic E-state index is 0.155. The van der Waals surface area contributed by atoms with Gasteiger partial charge in [0.25, 0.3) is 0 Å². The number of aromatic nitrogens is 2. The molecular formula is C30H27Cl2N3O5. The molecule has 0 unspecified atom stereocenters. The summed E-state index contributed by atoms with van der Waals surface area (Å²) in [6, 6.07) is 12.7. The molecule has 2 aromatic carbocycles. The van der Waals surface area contributed by atoms with E-state index in [0.29, 0.717) is 44.4 Å². The number of benzene rings is 2. The summed E-state index contributed by atoms with van der Waals surface area (Å²) < 4.78 is 11.9. The Hall–Kier alpha value is -3.59. The third kappa shape index (κ3) is 4.80. The van der Waals surface area contributed by atoms with Crippen molar-refractivity contribution >= 4 is 35.0 Å². The predicted molar refractivity (Wildman–Crippen MR) is 151 cm³/mol. The van der Waals surface area contributed by atoms with Crippen molar-refractivity contribution in [2.24, 2.45) is 0 Å². The van der Waals surface area contributed by atoms with Gasteiger partial charge in [0.05, 0.1) is 34.3 Å². The highest BCUT2D eigenvalue weighted by atomic mass is 35.5. The lowest BCUT2D eigenvalue weighted by Crippen LogP contribution is -2.60. The van der Waals surface area contributed by atoms with Gasteiger partial charge in [-0.2, -0.15) is 0 Å². The average molecular weight is 580 g/mol. The van der Waals surface area contributed by atoms with Gasteiger partial charge >= 0.3 is 5.97 Å². The van der Waals surface area contributed by atoms with Gasteiger partial charge in [-0.15, -0.1) is 0 Å². The van der Waals surface area contributed by atoms with Crippen molar-refractivity contribution in [1.82, 2.24) is 10.1 Å². The minimum atomic E-state index is -1.17. The minimum Gasteiger partial charge on any atom is -0.489 e. The van der Waals surface area contributed by atoms with Gasteiger partial charge in [0.1, 0.15) is 35.2 Å². The van der Waals surface area contributed by atoms with E-state index in [0.717, 1.165) is 35.3 Å². The maximum Gasteiger partial charge on any atom is 0.337 e. The number of aliphatic hydroxyl groups is 1. The van der Waals surface area contributed by atoms with Crippen LogP contribution in [-0.2, 0) is 12.2 Å². The van der Waals surface area contributed by atoms with Crippen molar-refractivity contribution in [3.05, 3.63) is 92.3 Å². The summed E-state index contributed by atoms with van der Waals surface area (Å²) in [4.78, 5) is 17.4. The van der Waals surface area contributed by atoms with Gasteiger partial charge in [0, 0.05) is 23.2 Å². The number of β-amino-alcohol motifs (C(OH)–C–C–N with tert-alkyl or cyclic N) is 1. The molecule has 2 aromatic heterocycles. The van der Waals surface area contributed by atoms with Crippen LogP contribution in [0.1, 0.15) is 57.1 Å². The molecule has 2 aliphatic rings. The Morgan fingerprint density at radius 1 is 1.12 bits per heavy atom. The highest BCUT2D eigenvalue weighted by Gasteiger charge is 2.45. The van der Waals surface area contributed by atoms with E-state index in [1.807, 2.05) is 30.0 Å². The standard InChI is InChI=1S/C30H27Cl2N3O5/c1-16-4-3-5-23(31)26(16)27-21(28(40-34-27)18-6-7-18)13-39-19-8-9-22(24(32)11-19)30(38)14-35(15-30)25-10-17(2)20(12-33-25)29(36)37/h3-5,8-12,18,38H,6-7,13-15H2,1-2H3,(H,36,37). The van der Waals surface area contributed by atoms with E-state index in [9.17, 15) is 15.0 Å². The molecule has 8 nitrogen and oxygen atoms in total. The third-order valence-corrected chi connectivity index (χ3v) is 8.23. The Bertz CT molecular complexity index is 1610. The largest absolute Gasteiger partial charge is 0.489 e. The molecule has 10 heteroatoms. The number of halogens is 2. The first kappa shape index (κ1) is 26.6. The second kappa shape index (κ2) is 10.1. The summed E-state index contributed by atoms with van der Waals surface area (Å²) in [5.74, 6) is 1.31. The lowest BCUT2D eigenvalue weighted by molar-refractivity contribution is 0.00709. The molecular weight excluding hydrogens is 553 g/mol. The van der Waals surface area contributed by atoms with Crippen LogP contribution in [0.15, 0.2) is 53.2 Å². The molecule has 2 N–H and O–H groups in total. The molecule has 1 saturated heterocycles. The SMILES string of the molecule is Cc1cc(N2CC(O)(c3ccc(OCc4c(-c5c(C)cccc5Cl)noc4C4CC4)cc3Cl)C2)ncc1C(=O)O. The molecule has 1 saturated carbocycles. The van der Waals surface area contributed by atoms with E-state index in [1.165, 1.54) is 6.20 Å². The third-order valence-electron chi connectivity index (χ3n) is 7.61. The molecule has 1 aliphatic heterocycles. The number of pyridine rings is 1. The monoisotopic (exact) mass is 579 g/mol. The van der Waals surface area contributed by atoms with Gasteiger partial charge in [0.15, 0.2) is 0 Å². The predicted octanol–water partition coefficient (Wildman–Crippen LogP) is 6.52. The lowest BCUT2D eigenvalue weighted by atomic mass is 9.86. The van der Waals surface area contributed by atoms with Gasteiger partial charge in [-0.05, 0) is 62.1 Å². The number of anilines is 1. The van der Waals surface area contributed by atoms with Crippen LogP contribution in [0.4, 0.5) is 5.82 Å². The number of carbonyl (C=O) groups is 1. The Morgan fingerprint density at radius 2 is 1.90 bits per heavy atom. The van der Waals surface area contributed by atoms with E-state index in [4.69, 9.17) is 32.5 Å². The number of hydrogen-bond acceptors (Lipinski definition) is 7. The zero-order valence-electron chi connectivity index (χ0n) is 21.9. The quantitative estimate of drug-likeness (QED) is 0.243. The molecule has 0 atom stereocenters. The van der Waals surface area contributed by atoms with Gasteiger partial charge in [-0.1, -0.05) is 46.6 Å². The van der Waals surface area contributed by atoms with Crippen LogP contribution in [0.5, 0.6) is 5.75 Å². The van der Waals surface area contributed by atoms with Gasteiger partial charge < -0.3 is 24.4 Å². The molecule has 0 radical (unpaired) electrons. The molecule has 0 spiro atoms. The molecule has 6 rings (SSSR count). The van der Waals surface area contributed by atoms with Gasteiger partial charge in [-0.25, -0.2) is 9.78 Å². The number of rotatable bonds is 8.